The number of hydrogen-bond donors (Lipinski definition) is 2. The number of aromatic nitrogens is 3. The summed E-state index contributed by atoms with van der Waals surface area (Å²) in [4.78, 5) is 15.0. The van der Waals surface area contributed by atoms with Crippen molar-refractivity contribution in [3.63, 3.8) is 0 Å². The zero-order valence-corrected chi connectivity index (χ0v) is 23.6. The summed E-state index contributed by atoms with van der Waals surface area (Å²) in [7, 11) is 1.56. The smallest absolute Gasteiger partial charge is 0.417 e. The molecule has 7 rings (SSSR count). The number of anilines is 2. The van der Waals surface area contributed by atoms with Gasteiger partial charge in [-0.3, -0.25) is 0 Å². The predicted molar refractivity (Wildman–Crippen MR) is 149 cm³/mol. The Hall–Kier alpha value is -3.36. The lowest BCUT2D eigenvalue weighted by Crippen LogP contribution is -2.51. The molecule has 0 radical (unpaired) electrons. The van der Waals surface area contributed by atoms with Crippen molar-refractivity contribution in [2.75, 3.05) is 43.6 Å². The van der Waals surface area contributed by atoms with Crippen LogP contribution in [0.15, 0.2) is 18.2 Å². The number of nitrogens with zero attached hydrogens (tertiary/aromatic N) is 4. The van der Waals surface area contributed by atoms with Gasteiger partial charge in [0, 0.05) is 55.2 Å². The van der Waals surface area contributed by atoms with Crippen LogP contribution >= 0.6 is 11.3 Å². The van der Waals surface area contributed by atoms with Crippen LogP contribution in [0, 0.1) is 11.6 Å². The highest BCUT2D eigenvalue weighted by atomic mass is 32.1. The second-order valence-electron chi connectivity index (χ2n) is 11.3. The van der Waals surface area contributed by atoms with Gasteiger partial charge in [-0.05, 0) is 38.0 Å². The molecule has 2 aromatic carbocycles. The van der Waals surface area contributed by atoms with Gasteiger partial charge in [0.25, 0.3) is 0 Å². The number of alkyl halides is 3. The van der Waals surface area contributed by atoms with Crippen molar-refractivity contribution < 1.29 is 31.4 Å². The average molecular weight is 607 g/mol. The lowest BCUT2D eigenvalue weighted by atomic mass is 9.95. The molecule has 42 heavy (non-hydrogen) atoms. The number of halogens is 5. The number of piperazine rings is 1. The van der Waals surface area contributed by atoms with E-state index < -0.39 is 34.5 Å². The molecule has 3 atom stereocenters. The molecule has 4 aromatic rings. The van der Waals surface area contributed by atoms with Crippen molar-refractivity contribution in [1.82, 2.24) is 20.3 Å². The minimum atomic E-state index is -4.95. The molecule has 0 saturated carbocycles. The van der Waals surface area contributed by atoms with Crippen molar-refractivity contribution in [3.8, 4) is 17.1 Å². The molecule has 2 bridgehead atoms. The van der Waals surface area contributed by atoms with Gasteiger partial charge < -0.3 is 25.0 Å². The Morgan fingerprint density at radius 1 is 1.14 bits per heavy atom. The average Bonchev–Trinajstić information content (AvgIpc) is 3.53. The zero-order valence-electron chi connectivity index (χ0n) is 22.7. The van der Waals surface area contributed by atoms with E-state index in [2.05, 4.69) is 25.6 Å². The van der Waals surface area contributed by atoms with Gasteiger partial charge in [-0.15, -0.1) is 0 Å². The summed E-state index contributed by atoms with van der Waals surface area (Å²) < 4.78 is 86.9. The fourth-order valence-corrected chi connectivity index (χ4v) is 6.87. The summed E-state index contributed by atoms with van der Waals surface area (Å²) in [5.74, 6) is -1.69. The van der Waals surface area contributed by atoms with Gasteiger partial charge in [0.05, 0.1) is 22.4 Å². The maximum Gasteiger partial charge on any atom is 0.417 e. The molecule has 5 heterocycles. The molecule has 8 nitrogen and oxygen atoms in total. The third-order valence-corrected chi connectivity index (χ3v) is 9.36. The van der Waals surface area contributed by atoms with Crippen molar-refractivity contribution >= 4 is 43.4 Å². The monoisotopic (exact) mass is 606 g/mol. The SMILES string of the molecule is CNc1nc2c(-c3c(C(F)(F)F)cc4c(N5CC6CCC(C5)N6)nc(OCC5(C)CCO5)nc4c3F)ccc(F)c2s1. The van der Waals surface area contributed by atoms with Crippen LogP contribution in [0.1, 0.15) is 31.7 Å². The van der Waals surface area contributed by atoms with Crippen molar-refractivity contribution in [3.05, 3.63) is 35.4 Å². The van der Waals surface area contributed by atoms with E-state index in [0.29, 0.717) is 19.7 Å². The van der Waals surface area contributed by atoms with E-state index in [1.807, 2.05) is 11.8 Å². The van der Waals surface area contributed by atoms with Gasteiger partial charge in [-0.1, -0.05) is 11.3 Å². The predicted octanol–water partition coefficient (Wildman–Crippen LogP) is 5.74. The Balaban J connectivity index is 1.46. The zero-order chi connectivity index (χ0) is 29.4. The minimum absolute atomic E-state index is 0.0157. The van der Waals surface area contributed by atoms with E-state index >= 15 is 4.39 Å². The minimum Gasteiger partial charge on any atom is -0.460 e. The van der Waals surface area contributed by atoms with E-state index in [4.69, 9.17) is 9.47 Å². The molecule has 3 aliphatic heterocycles. The van der Waals surface area contributed by atoms with Gasteiger partial charge >= 0.3 is 12.2 Å². The fraction of sp³-hybridized carbons (Fsp3) is 0.464. The first kappa shape index (κ1) is 27.5. The van der Waals surface area contributed by atoms with Gasteiger partial charge in [0.1, 0.15) is 29.4 Å². The first-order valence-corrected chi connectivity index (χ1v) is 14.5. The number of nitrogens with one attached hydrogen (secondary N) is 2. The third kappa shape index (κ3) is 4.60. The molecular weight excluding hydrogens is 579 g/mol. The first-order valence-electron chi connectivity index (χ1n) is 13.7. The molecule has 3 aliphatic rings. The largest absolute Gasteiger partial charge is 0.460 e. The second kappa shape index (κ2) is 9.85. The quantitative estimate of drug-likeness (QED) is 0.269. The lowest BCUT2D eigenvalue weighted by molar-refractivity contribution is -0.153. The van der Waals surface area contributed by atoms with Crippen molar-refractivity contribution in [2.24, 2.45) is 0 Å². The van der Waals surface area contributed by atoms with Crippen LogP contribution < -0.4 is 20.3 Å². The highest BCUT2D eigenvalue weighted by molar-refractivity contribution is 7.22. The summed E-state index contributed by atoms with van der Waals surface area (Å²) in [5.41, 5.74) is -3.09. The van der Waals surface area contributed by atoms with Gasteiger partial charge in [0.2, 0.25) is 0 Å². The standard InChI is InChI=1S/C28H27F5N6O2S/c1-27(7-8-41-27)12-40-25-36-21-16(24(38-25)39-10-13-3-4-14(11-39)35-13)9-17(28(31,32)33)19(20(21)30)15-5-6-18(29)23-22(15)37-26(34-2)42-23/h5-6,9,13-14,35H,3-4,7-8,10-12H2,1-2H3,(H,34,37). The molecule has 3 saturated heterocycles. The molecule has 0 spiro atoms. The molecule has 3 fully saturated rings. The molecule has 14 heteroatoms. The number of fused-ring (bicyclic) bond motifs is 4. The normalized spacial score (nSPS) is 23.9. The number of hydrogen-bond acceptors (Lipinski definition) is 9. The van der Waals surface area contributed by atoms with Crippen LogP contribution in [0.5, 0.6) is 6.01 Å². The van der Waals surface area contributed by atoms with Crippen LogP contribution in [0.4, 0.5) is 32.9 Å². The highest BCUT2D eigenvalue weighted by Crippen LogP contribution is 2.46. The summed E-state index contributed by atoms with van der Waals surface area (Å²) in [6.07, 6.45) is -2.33. The van der Waals surface area contributed by atoms with E-state index in [0.717, 1.165) is 48.8 Å². The van der Waals surface area contributed by atoms with E-state index in [-0.39, 0.29) is 62.3 Å². The maximum absolute atomic E-state index is 16.7. The topological polar surface area (TPSA) is 84.4 Å². The molecule has 2 N–H and O–H groups in total. The number of rotatable bonds is 6. The highest BCUT2D eigenvalue weighted by Gasteiger charge is 2.40. The van der Waals surface area contributed by atoms with Crippen LogP contribution in [0.2, 0.25) is 0 Å². The van der Waals surface area contributed by atoms with Gasteiger partial charge in [-0.25, -0.2) is 13.8 Å². The summed E-state index contributed by atoms with van der Waals surface area (Å²) in [6, 6.07) is 3.18. The number of benzene rings is 2. The molecule has 222 valence electrons. The summed E-state index contributed by atoms with van der Waals surface area (Å²) >= 11 is 0.931. The second-order valence-corrected chi connectivity index (χ2v) is 12.3. The van der Waals surface area contributed by atoms with Gasteiger partial charge in [0.15, 0.2) is 10.9 Å². The van der Waals surface area contributed by atoms with E-state index in [1.54, 1.807) is 7.05 Å². The summed E-state index contributed by atoms with van der Waals surface area (Å²) in [6.45, 7) is 3.55. The Kier molecular flexibility index (Phi) is 6.44. The summed E-state index contributed by atoms with van der Waals surface area (Å²) in [5, 5.41) is 6.48. The molecular formula is C28H27F5N6O2S. The van der Waals surface area contributed by atoms with E-state index in [9.17, 15) is 17.6 Å². The fourth-order valence-electron chi connectivity index (χ4n) is 6.02. The maximum atomic E-state index is 16.7. The lowest BCUT2D eigenvalue weighted by Gasteiger charge is -2.38. The van der Waals surface area contributed by atoms with Gasteiger partial charge in [-0.2, -0.15) is 23.1 Å². The number of ether oxygens (including phenoxy) is 2. The van der Waals surface area contributed by atoms with Crippen molar-refractivity contribution in [2.45, 2.75) is 50.0 Å². The Morgan fingerprint density at radius 2 is 1.88 bits per heavy atom. The van der Waals surface area contributed by atoms with Crippen molar-refractivity contribution in [1.29, 1.82) is 0 Å². The molecule has 2 aromatic heterocycles. The van der Waals surface area contributed by atoms with Crippen LogP contribution in [-0.4, -0.2) is 66.0 Å². The van der Waals surface area contributed by atoms with Crippen LogP contribution in [0.3, 0.4) is 0 Å². The molecule has 0 aliphatic carbocycles. The van der Waals surface area contributed by atoms with Crippen LogP contribution in [-0.2, 0) is 10.9 Å². The Bertz CT molecular complexity index is 1700. The Labute approximate surface area is 241 Å². The molecule has 0 amide bonds. The Morgan fingerprint density at radius 3 is 2.52 bits per heavy atom. The number of thiazole rings is 1. The molecule has 3 unspecified atom stereocenters. The first-order chi connectivity index (χ1) is 20.0. The van der Waals surface area contributed by atoms with E-state index in [1.165, 1.54) is 0 Å². The van der Waals surface area contributed by atoms with Crippen LogP contribution in [0.25, 0.3) is 32.2 Å². The third-order valence-electron chi connectivity index (χ3n) is 8.28.